The molecule has 2 aromatic rings. The number of rotatable bonds is 7. The molecule has 0 aliphatic heterocycles. The lowest BCUT2D eigenvalue weighted by Crippen LogP contribution is -2.24. The van der Waals surface area contributed by atoms with Crippen LogP contribution in [0, 0.1) is 5.92 Å². The average Bonchev–Trinajstić information content (AvgIpc) is 2.78. The van der Waals surface area contributed by atoms with Crippen molar-refractivity contribution in [2.45, 2.75) is 51.9 Å². The Bertz CT molecular complexity index is 838. The van der Waals surface area contributed by atoms with Crippen LogP contribution in [0.15, 0.2) is 59.7 Å². The van der Waals surface area contributed by atoms with Crippen molar-refractivity contribution in [1.82, 2.24) is 5.43 Å². The van der Waals surface area contributed by atoms with Crippen LogP contribution in [0.5, 0.6) is 0 Å². The molecule has 152 valence electrons. The van der Waals surface area contributed by atoms with Crippen molar-refractivity contribution in [3.8, 4) is 0 Å². The van der Waals surface area contributed by atoms with Crippen LogP contribution in [-0.2, 0) is 16.0 Å². The molecule has 0 heterocycles. The Morgan fingerprint density at radius 1 is 0.966 bits per heavy atom. The Hall–Kier alpha value is -2.95. The van der Waals surface area contributed by atoms with E-state index in [1.165, 1.54) is 6.42 Å². The molecule has 0 unspecified atom stereocenters. The summed E-state index contributed by atoms with van der Waals surface area (Å²) >= 11 is 0. The summed E-state index contributed by atoms with van der Waals surface area (Å²) in [6.07, 6.45) is 6.58. The number of anilines is 1. The summed E-state index contributed by atoms with van der Waals surface area (Å²) in [6.45, 7) is 1.85. The number of hydrazone groups is 1. The minimum absolute atomic E-state index is 0.107. The molecule has 1 aliphatic carbocycles. The first-order chi connectivity index (χ1) is 14.1. The fourth-order valence-corrected chi connectivity index (χ4v) is 3.57. The molecule has 2 amide bonds. The molecule has 0 radical (unpaired) electrons. The van der Waals surface area contributed by atoms with E-state index in [4.69, 9.17) is 0 Å². The van der Waals surface area contributed by atoms with E-state index in [-0.39, 0.29) is 17.7 Å². The van der Waals surface area contributed by atoms with Gasteiger partial charge >= 0.3 is 0 Å². The quantitative estimate of drug-likeness (QED) is 0.531. The SMILES string of the molecule is C/C(=N/NC(=O)CCc1ccccc1)c1ccc(NC(=O)C2CCCCC2)cc1. The maximum Gasteiger partial charge on any atom is 0.240 e. The standard InChI is InChI=1S/C24H29N3O2/c1-18(26-27-23(28)17-12-19-8-4-2-5-9-19)20-13-15-22(16-14-20)25-24(29)21-10-6-3-7-11-21/h2,4-5,8-9,13-16,21H,3,6-7,10-12,17H2,1H3,(H,25,29)(H,27,28)/b26-18-. The van der Waals surface area contributed by atoms with E-state index < -0.39 is 0 Å². The zero-order valence-corrected chi connectivity index (χ0v) is 17.0. The molecule has 2 aromatic carbocycles. The van der Waals surface area contributed by atoms with Crippen molar-refractivity contribution in [2.24, 2.45) is 11.0 Å². The summed E-state index contributed by atoms with van der Waals surface area (Å²) in [5.41, 5.74) is 6.18. The highest BCUT2D eigenvalue weighted by atomic mass is 16.2. The maximum atomic E-state index is 12.3. The van der Waals surface area contributed by atoms with Crippen molar-refractivity contribution in [3.63, 3.8) is 0 Å². The van der Waals surface area contributed by atoms with Crippen LogP contribution in [0.4, 0.5) is 5.69 Å². The van der Waals surface area contributed by atoms with Gasteiger partial charge in [0.05, 0.1) is 5.71 Å². The fourth-order valence-electron chi connectivity index (χ4n) is 3.57. The minimum atomic E-state index is -0.107. The van der Waals surface area contributed by atoms with E-state index >= 15 is 0 Å². The second-order valence-electron chi connectivity index (χ2n) is 7.62. The Labute approximate surface area is 172 Å². The normalized spacial score (nSPS) is 15.0. The van der Waals surface area contributed by atoms with Gasteiger partial charge in [0.1, 0.15) is 0 Å². The zero-order valence-electron chi connectivity index (χ0n) is 17.0. The lowest BCUT2D eigenvalue weighted by Gasteiger charge is -2.20. The first-order valence-corrected chi connectivity index (χ1v) is 10.4. The number of nitrogens with zero attached hydrogens (tertiary/aromatic N) is 1. The van der Waals surface area contributed by atoms with Crippen LogP contribution >= 0.6 is 0 Å². The summed E-state index contributed by atoms with van der Waals surface area (Å²) in [6, 6.07) is 17.5. The third-order valence-corrected chi connectivity index (χ3v) is 5.38. The maximum absolute atomic E-state index is 12.3. The molecule has 0 spiro atoms. The Morgan fingerprint density at radius 3 is 2.34 bits per heavy atom. The van der Waals surface area contributed by atoms with E-state index in [2.05, 4.69) is 15.8 Å². The number of hydrogen-bond acceptors (Lipinski definition) is 3. The molecule has 3 rings (SSSR count). The van der Waals surface area contributed by atoms with Gasteiger partial charge in [-0.3, -0.25) is 9.59 Å². The summed E-state index contributed by atoms with van der Waals surface area (Å²) in [5, 5.41) is 7.21. The molecule has 1 saturated carbocycles. The first-order valence-electron chi connectivity index (χ1n) is 10.4. The highest BCUT2D eigenvalue weighted by Gasteiger charge is 2.20. The molecular weight excluding hydrogens is 362 g/mol. The van der Waals surface area contributed by atoms with Gasteiger partial charge in [0.15, 0.2) is 0 Å². The van der Waals surface area contributed by atoms with Gasteiger partial charge in [0.25, 0.3) is 0 Å². The van der Waals surface area contributed by atoms with Gasteiger partial charge in [-0.15, -0.1) is 0 Å². The van der Waals surface area contributed by atoms with E-state index in [1.54, 1.807) is 0 Å². The predicted octanol–water partition coefficient (Wildman–Crippen LogP) is 4.68. The average molecular weight is 392 g/mol. The smallest absolute Gasteiger partial charge is 0.240 e. The second-order valence-corrected chi connectivity index (χ2v) is 7.62. The number of aryl methyl sites for hydroxylation is 1. The highest BCUT2D eigenvalue weighted by molar-refractivity contribution is 6.00. The topological polar surface area (TPSA) is 70.6 Å². The van der Waals surface area contributed by atoms with Gasteiger partial charge in [0, 0.05) is 18.0 Å². The second kappa shape index (κ2) is 10.6. The molecule has 0 saturated heterocycles. The van der Waals surface area contributed by atoms with Crippen LogP contribution in [0.1, 0.15) is 56.6 Å². The van der Waals surface area contributed by atoms with Crippen molar-refractivity contribution in [1.29, 1.82) is 0 Å². The number of amides is 2. The largest absolute Gasteiger partial charge is 0.326 e. The van der Waals surface area contributed by atoms with E-state index in [1.807, 2.05) is 61.5 Å². The molecule has 5 heteroatoms. The lowest BCUT2D eigenvalue weighted by atomic mass is 9.88. The summed E-state index contributed by atoms with van der Waals surface area (Å²) in [4.78, 5) is 24.4. The first kappa shape index (κ1) is 20.8. The third kappa shape index (κ3) is 6.56. The molecule has 5 nitrogen and oxygen atoms in total. The van der Waals surface area contributed by atoms with Crippen molar-refractivity contribution in [3.05, 3.63) is 65.7 Å². The number of carbonyl (C=O) groups excluding carboxylic acids is 2. The molecular formula is C24H29N3O2. The summed E-state index contributed by atoms with van der Waals surface area (Å²) in [5.74, 6) is 0.149. The van der Waals surface area contributed by atoms with Gasteiger partial charge < -0.3 is 5.32 Å². The fraction of sp³-hybridized carbons (Fsp3) is 0.375. The number of benzene rings is 2. The van der Waals surface area contributed by atoms with Gasteiger partial charge in [0.2, 0.25) is 11.8 Å². The van der Waals surface area contributed by atoms with Crippen LogP contribution < -0.4 is 10.7 Å². The Balaban J connectivity index is 1.48. The molecule has 1 fully saturated rings. The Morgan fingerprint density at radius 2 is 1.66 bits per heavy atom. The molecule has 0 bridgehead atoms. The molecule has 2 N–H and O–H groups in total. The lowest BCUT2D eigenvalue weighted by molar-refractivity contribution is -0.121. The van der Waals surface area contributed by atoms with E-state index in [0.717, 1.165) is 48.2 Å². The van der Waals surface area contributed by atoms with E-state index in [0.29, 0.717) is 12.8 Å². The van der Waals surface area contributed by atoms with Gasteiger partial charge in [-0.05, 0) is 49.4 Å². The third-order valence-electron chi connectivity index (χ3n) is 5.38. The van der Waals surface area contributed by atoms with Gasteiger partial charge in [-0.25, -0.2) is 5.43 Å². The monoisotopic (exact) mass is 391 g/mol. The molecule has 0 aromatic heterocycles. The number of carbonyl (C=O) groups is 2. The minimum Gasteiger partial charge on any atom is -0.326 e. The zero-order chi connectivity index (χ0) is 20.5. The Kier molecular flexibility index (Phi) is 7.56. The number of hydrogen-bond donors (Lipinski definition) is 2. The van der Waals surface area contributed by atoms with Crippen molar-refractivity contribution >= 4 is 23.2 Å². The van der Waals surface area contributed by atoms with Gasteiger partial charge in [-0.2, -0.15) is 5.10 Å². The summed E-state index contributed by atoms with van der Waals surface area (Å²) in [7, 11) is 0. The van der Waals surface area contributed by atoms with Crippen LogP contribution in [-0.4, -0.2) is 17.5 Å². The summed E-state index contributed by atoms with van der Waals surface area (Å²) < 4.78 is 0. The molecule has 29 heavy (non-hydrogen) atoms. The number of nitrogens with one attached hydrogen (secondary N) is 2. The van der Waals surface area contributed by atoms with Gasteiger partial charge in [-0.1, -0.05) is 61.7 Å². The molecule has 0 atom stereocenters. The van der Waals surface area contributed by atoms with Crippen molar-refractivity contribution in [2.75, 3.05) is 5.32 Å². The highest BCUT2D eigenvalue weighted by Crippen LogP contribution is 2.25. The van der Waals surface area contributed by atoms with E-state index in [9.17, 15) is 9.59 Å². The molecule has 1 aliphatic rings. The van der Waals surface area contributed by atoms with Crippen LogP contribution in [0.25, 0.3) is 0 Å². The predicted molar refractivity (Wildman–Crippen MR) is 117 cm³/mol. The van der Waals surface area contributed by atoms with Crippen molar-refractivity contribution < 1.29 is 9.59 Å². The van der Waals surface area contributed by atoms with Crippen LogP contribution in [0.3, 0.4) is 0 Å². The van der Waals surface area contributed by atoms with Crippen LogP contribution in [0.2, 0.25) is 0 Å².